The van der Waals surface area contributed by atoms with Crippen molar-refractivity contribution in [2.45, 2.75) is 13.0 Å². The molecule has 102 valence electrons. The molecule has 8 heteroatoms. The lowest BCUT2D eigenvalue weighted by Gasteiger charge is -2.32. The molecule has 18 heavy (non-hydrogen) atoms. The van der Waals surface area contributed by atoms with Gasteiger partial charge < -0.3 is 10.6 Å². The molecule has 2 N–H and O–H groups in total. The van der Waals surface area contributed by atoms with Crippen molar-refractivity contribution in [2.75, 3.05) is 37.3 Å². The van der Waals surface area contributed by atoms with Crippen molar-refractivity contribution in [2.24, 2.45) is 5.73 Å². The third kappa shape index (κ3) is 3.00. The van der Waals surface area contributed by atoms with Crippen LogP contribution in [0, 0.1) is 0 Å². The molecule has 2 heterocycles. The summed E-state index contributed by atoms with van der Waals surface area (Å²) in [5.74, 6) is 0. The average Bonchev–Trinajstić information content (AvgIpc) is 2.77. The third-order valence-electron chi connectivity index (χ3n) is 2.94. The Balaban J connectivity index is 2.01. The summed E-state index contributed by atoms with van der Waals surface area (Å²) in [5.41, 5.74) is 5.80. The number of hydrogen-bond acceptors (Lipinski definition) is 6. The first-order valence-electron chi connectivity index (χ1n) is 5.79. The lowest BCUT2D eigenvalue weighted by Crippen LogP contribution is -2.48. The van der Waals surface area contributed by atoms with Gasteiger partial charge in [0, 0.05) is 43.3 Å². The van der Waals surface area contributed by atoms with Gasteiger partial charge in [0.05, 0.1) is 6.26 Å². The highest BCUT2D eigenvalue weighted by atomic mass is 32.2. The maximum atomic E-state index is 11.4. The van der Waals surface area contributed by atoms with Crippen LogP contribution in [0.4, 0.5) is 5.13 Å². The first-order valence-corrected chi connectivity index (χ1v) is 8.46. The molecule has 1 aliphatic rings. The molecule has 1 fully saturated rings. The molecule has 1 aromatic rings. The molecule has 0 aromatic carbocycles. The van der Waals surface area contributed by atoms with Crippen molar-refractivity contribution in [3.63, 3.8) is 0 Å². The summed E-state index contributed by atoms with van der Waals surface area (Å²) < 4.78 is 24.3. The zero-order chi connectivity index (χ0) is 13.3. The molecule has 0 radical (unpaired) electrons. The van der Waals surface area contributed by atoms with Crippen LogP contribution >= 0.6 is 11.3 Å². The van der Waals surface area contributed by atoms with E-state index in [0.29, 0.717) is 26.2 Å². The molecule has 1 saturated heterocycles. The largest absolute Gasteiger partial charge is 0.345 e. The Morgan fingerprint density at radius 3 is 2.44 bits per heavy atom. The lowest BCUT2D eigenvalue weighted by molar-refractivity contribution is 0.388. The van der Waals surface area contributed by atoms with E-state index in [1.807, 2.05) is 6.92 Å². The molecule has 0 spiro atoms. The summed E-state index contributed by atoms with van der Waals surface area (Å²) >= 11 is 1.58. The molecule has 0 aliphatic carbocycles. The fraction of sp³-hybridized carbons (Fsp3) is 0.700. The Morgan fingerprint density at radius 1 is 1.39 bits per heavy atom. The van der Waals surface area contributed by atoms with Crippen LogP contribution in [0.5, 0.6) is 0 Å². The first kappa shape index (κ1) is 13.7. The van der Waals surface area contributed by atoms with Gasteiger partial charge in [0.2, 0.25) is 10.0 Å². The normalized spacial score (nSPS) is 20.1. The zero-order valence-electron chi connectivity index (χ0n) is 10.5. The predicted molar refractivity (Wildman–Crippen MR) is 73.3 cm³/mol. The highest BCUT2D eigenvalue weighted by Gasteiger charge is 2.24. The van der Waals surface area contributed by atoms with E-state index in [1.54, 1.807) is 17.5 Å². The topological polar surface area (TPSA) is 79.5 Å². The zero-order valence-corrected chi connectivity index (χ0v) is 12.2. The van der Waals surface area contributed by atoms with Gasteiger partial charge >= 0.3 is 0 Å². The number of nitrogens with two attached hydrogens (primary N) is 1. The fourth-order valence-electron chi connectivity index (χ4n) is 1.84. The number of hydrogen-bond donors (Lipinski definition) is 1. The number of sulfonamides is 1. The van der Waals surface area contributed by atoms with Gasteiger partial charge in [0.25, 0.3) is 0 Å². The van der Waals surface area contributed by atoms with Crippen molar-refractivity contribution < 1.29 is 8.42 Å². The van der Waals surface area contributed by atoms with Crippen LogP contribution in [0.2, 0.25) is 0 Å². The smallest absolute Gasteiger partial charge is 0.211 e. The Morgan fingerprint density at radius 2 is 2.00 bits per heavy atom. The van der Waals surface area contributed by atoms with Crippen LogP contribution in [-0.4, -0.2) is 50.1 Å². The van der Waals surface area contributed by atoms with Crippen LogP contribution < -0.4 is 10.6 Å². The summed E-state index contributed by atoms with van der Waals surface area (Å²) in [5, 5.41) is 0.926. The molecule has 6 nitrogen and oxygen atoms in total. The van der Waals surface area contributed by atoms with Gasteiger partial charge in [-0.2, -0.15) is 4.31 Å². The molecule has 0 amide bonds. The molecule has 1 aliphatic heterocycles. The van der Waals surface area contributed by atoms with Crippen molar-refractivity contribution in [3.8, 4) is 0 Å². The van der Waals surface area contributed by atoms with Crippen LogP contribution in [0.1, 0.15) is 17.8 Å². The number of anilines is 1. The van der Waals surface area contributed by atoms with E-state index >= 15 is 0 Å². The van der Waals surface area contributed by atoms with Gasteiger partial charge in [0.15, 0.2) is 5.13 Å². The number of thiazole rings is 1. The third-order valence-corrected chi connectivity index (χ3v) is 5.50. The Labute approximate surface area is 111 Å². The SMILES string of the molecule is CC(N)c1cnc(N2CCN(S(C)(=O)=O)CC2)s1. The van der Waals surface area contributed by atoms with Crippen LogP contribution in [0.25, 0.3) is 0 Å². The van der Waals surface area contributed by atoms with Crippen LogP contribution in [-0.2, 0) is 10.0 Å². The summed E-state index contributed by atoms with van der Waals surface area (Å²) in [7, 11) is -3.07. The molecule has 0 bridgehead atoms. The second-order valence-electron chi connectivity index (χ2n) is 4.48. The van der Waals surface area contributed by atoms with Crippen molar-refractivity contribution in [3.05, 3.63) is 11.1 Å². The summed E-state index contributed by atoms with van der Waals surface area (Å²) in [6.45, 7) is 4.33. The average molecular weight is 290 g/mol. The van der Waals surface area contributed by atoms with Crippen LogP contribution in [0.15, 0.2) is 6.20 Å². The minimum atomic E-state index is -3.07. The van der Waals surface area contributed by atoms with Crippen molar-refractivity contribution in [1.82, 2.24) is 9.29 Å². The maximum absolute atomic E-state index is 11.4. The molecule has 1 aromatic heterocycles. The number of nitrogens with zero attached hydrogens (tertiary/aromatic N) is 3. The summed E-state index contributed by atoms with van der Waals surface area (Å²) in [6, 6.07) is -0.00596. The minimum absolute atomic E-state index is 0.00596. The Bertz CT molecular complexity index is 504. The Kier molecular flexibility index (Phi) is 3.90. The lowest BCUT2D eigenvalue weighted by atomic mass is 10.3. The first-order chi connectivity index (χ1) is 8.38. The van der Waals surface area contributed by atoms with E-state index in [0.717, 1.165) is 10.0 Å². The van der Waals surface area contributed by atoms with E-state index in [-0.39, 0.29) is 6.04 Å². The van der Waals surface area contributed by atoms with E-state index in [4.69, 9.17) is 5.73 Å². The van der Waals surface area contributed by atoms with Gasteiger partial charge in [0.1, 0.15) is 0 Å². The van der Waals surface area contributed by atoms with Gasteiger partial charge in [-0.05, 0) is 6.92 Å². The highest BCUT2D eigenvalue weighted by Crippen LogP contribution is 2.26. The van der Waals surface area contributed by atoms with Gasteiger partial charge in [-0.15, -0.1) is 11.3 Å². The fourth-order valence-corrected chi connectivity index (χ4v) is 3.59. The Hall–Kier alpha value is -0.700. The van der Waals surface area contributed by atoms with Gasteiger partial charge in [-0.25, -0.2) is 13.4 Å². The molecule has 1 unspecified atom stereocenters. The standard InChI is InChI=1S/C10H18N4O2S2/c1-8(11)9-7-12-10(17-9)13-3-5-14(6-4-13)18(2,15)16/h7-8H,3-6,11H2,1-2H3. The van der Waals surface area contributed by atoms with E-state index in [2.05, 4.69) is 9.88 Å². The second kappa shape index (κ2) is 5.12. The molecule has 0 saturated carbocycles. The van der Waals surface area contributed by atoms with Crippen LogP contribution in [0.3, 0.4) is 0 Å². The van der Waals surface area contributed by atoms with Crippen molar-refractivity contribution >= 4 is 26.5 Å². The molecular formula is C10H18N4O2S2. The minimum Gasteiger partial charge on any atom is -0.345 e. The van der Waals surface area contributed by atoms with Gasteiger partial charge in [-0.1, -0.05) is 0 Å². The number of piperazine rings is 1. The predicted octanol–water partition coefficient (Wildman–Crippen LogP) is 0.244. The number of aromatic nitrogens is 1. The molecular weight excluding hydrogens is 272 g/mol. The summed E-state index contributed by atoms with van der Waals surface area (Å²) in [4.78, 5) is 7.51. The van der Waals surface area contributed by atoms with E-state index in [1.165, 1.54) is 10.6 Å². The maximum Gasteiger partial charge on any atom is 0.211 e. The summed E-state index contributed by atoms with van der Waals surface area (Å²) in [6.07, 6.45) is 3.05. The molecule has 1 atom stereocenters. The molecule has 2 rings (SSSR count). The monoisotopic (exact) mass is 290 g/mol. The number of rotatable bonds is 3. The van der Waals surface area contributed by atoms with Crippen molar-refractivity contribution in [1.29, 1.82) is 0 Å². The van der Waals surface area contributed by atoms with E-state index < -0.39 is 10.0 Å². The van der Waals surface area contributed by atoms with Gasteiger partial charge in [-0.3, -0.25) is 0 Å². The quantitative estimate of drug-likeness (QED) is 0.863. The second-order valence-corrected chi connectivity index (χ2v) is 7.51. The highest BCUT2D eigenvalue weighted by molar-refractivity contribution is 7.88. The van der Waals surface area contributed by atoms with E-state index in [9.17, 15) is 8.42 Å².